The second kappa shape index (κ2) is 9.21. The van der Waals surface area contributed by atoms with E-state index < -0.39 is 15.9 Å². The molecule has 4 rings (SSSR count). The van der Waals surface area contributed by atoms with Gasteiger partial charge in [0.15, 0.2) is 0 Å². The fraction of sp³-hybridized carbons (Fsp3) is 0.286. The molecule has 1 saturated heterocycles. The number of hydrogen-bond donors (Lipinski definition) is 1. The Hall–Kier alpha value is -2.69. The third-order valence-electron chi connectivity index (χ3n) is 5.11. The van der Waals surface area contributed by atoms with E-state index in [1.165, 1.54) is 4.31 Å². The molecule has 10 heteroatoms. The Morgan fingerprint density at radius 1 is 1.16 bits per heavy atom. The summed E-state index contributed by atoms with van der Waals surface area (Å²) in [6.45, 7) is 0.497. The van der Waals surface area contributed by atoms with E-state index in [1.807, 2.05) is 30.5 Å². The molecule has 2 aromatic carbocycles. The first-order valence-corrected chi connectivity index (χ1v) is 12.5. The standard InChI is InChI=1S/C21H22N4O4S2/c1-30-17-9-5-7-15(13-17)20-23-24-21(29-20)22-19(26)16-8-6-12-25(14-16)31(27,28)18-10-3-2-4-11-18/h2-5,7,9-11,13,16H,6,8,12,14H2,1H3,(H,22,24,26). The van der Waals surface area contributed by atoms with Gasteiger partial charge in [-0.1, -0.05) is 29.4 Å². The molecule has 31 heavy (non-hydrogen) atoms. The molecule has 162 valence electrons. The van der Waals surface area contributed by atoms with Crippen LogP contribution in [-0.2, 0) is 14.8 Å². The SMILES string of the molecule is CSc1cccc(-c2nnc(NC(=O)C3CCCN(S(=O)(=O)c4ccccc4)C3)o2)c1. The molecule has 1 aromatic heterocycles. The lowest BCUT2D eigenvalue weighted by Gasteiger charge is -2.30. The van der Waals surface area contributed by atoms with Gasteiger partial charge in [-0.25, -0.2) is 8.42 Å². The van der Waals surface area contributed by atoms with Gasteiger partial charge in [0.2, 0.25) is 21.8 Å². The fourth-order valence-corrected chi connectivity index (χ4v) is 5.47. The van der Waals surface area contributed by atoms with Crippen molar-refractivity contribution in [2.24, 2.45) is 5.92 Å². The maximum atomic E-state index is 12.9. The average Bonchev–Trinajstić information content (AvgIpc) is 3.28. The highest BCUT2D eigenvalue weighted by atomic mass is 32.2. The Labute approximate surface area is 185 Å². The Morgan fingerprint density at radius 2 is 1.97 bits per heavy atom. The van der Waals surface area contributed by atoms with Crippen molar-refractivity contribution >= 4 is 33.7 Å². The Kier molecular flexibility index (Phi) is 6.40. The van der Waals surface area contributed by atoms with Gasteiger partial charge < -0.3 is 4.42 Å². The first-order chi connectivity index (χ1) is 15.0. The van der Waals surface area contributed by atoms with E-state index in [-0.39, 0.29) is 23.4 Å². The lowest BCUT2D eigenvalue weighted by atomic mass is 9.99. The number of carbonyl (C=O) groups is 1. The van der Waals surface area contributed by atoms with Gasteiger partial charge >= 0.3 is 6.01 Å². The van der Waals surface area contributed by atoms with E-state index in [2.05, 4.69) is 15.5 Å². The summed E-state index contributed by atoms with van der Waals surface area (Å²) >= 11 is 1.60. The van der Waals surface area contributed by atoms with Gasteiger partial charge in [-0.2, -0.15) is 4.31 Å². The number of carbonyl (C=O) groups excluding carboxylic acids is 1. The summed E-state index contributed by atoms with van der Waals surface area (Å²) in [5.41, 5.74) is 0.762. The zero-order chi connectivity index (χ0) is 21.8. The van der Waals surface area contributed by atoms with Crippen molar-refractivity contribution in [3.8, 4) is 11.5 Å². The number of anilines is 1. The molecule has 0 bridgehead atoms. The maximum absolute atomic E-state index is 12.9. The largest absolute Gasteiger partial charge is 0.403 e. The van der Waals surface area contributed by atoms with Crippen molar-refractivity contribution in [2.45, 2.75) is 22.6 Å². The smallest absolute Gasteiger partial charge is 0.322 e. The number of thioether (sulfide) groups is 1. The molecule has 0 aliphatic carbocycles. The quantitative estimate of drug-likeness (QED) is 0.564. The van der Waals surface area contributed by atoms with Crippen LogP contribution in [0.3, 0.4) is 0 Å². The van der Waals surface area contributed by atoms with Gasteiger partial charge in [-0.05, 0) is 49.4 Å². The number of benzene rings is 2. The molecule has 1 N–H and O–H groups in total. The second-order valence-corrected chi connectivity index (χ2v) is 9.97. The topological polar surface area (TPSA) is 105 Å². The van der Waals surface area contributed by atoms with Crippen molar-refractivity contribution in [3.63, 3.8) is 0 Å². The molecule has 1 aliphatic heterocycles. The van der Waals surface area contributed by atoms with E-state index >= 15 is 0 Å². The number of amides is 1. The minimum atomic E-state index is -3.64. The van der Waals surface area contributed by atoms with Crippen LogP contribution in [0.25, 0.3) is 11.5 Å². The molecule has 0 radical (unpaired) electrons. The highest BCUT2D eigenvalue weighted by Gasteiger charge is 2.33. The molecule has 3 aromatic rings. The van der Waals surface area contributed by atoms with Crippen molar-refractivity contribution in [3.05, 3.63) is 54.6 Å². The molecule has 1 atom stereocenters. The zero-order valence-electron chi connectivity index (χ0n) is 16.9. The minimum Gasteiger partial charge on any atom is -0.403 e. The van der Waals surface area contributed by atoms with E-state index in [4.69, 9.17) is 4.42 Å². The zero-order valence-corrected chi connectivity index (χ0v) is 18.5. The van der Waals surface area contributed by atoms with Gasteiger partial charge in [0.25, 0.3) is 0 Å². The third-order valence-corrected chi connectivity index (χ3v) is 7.71. The number of nitrogens with one attached hydrogen (secondary N) is 1. The Morgan fingerprint density at radius 3 is 2.74 bits per heavy atom. The van der Waals surface area contributed by atoms with Crippen LogP contribution in [0.1, 0.15) is 12.8 Å². The molecule has 8 nitrogen and oxygen atoms in total. The van der Waals surface area contributed by atoms with Crippen LogP contribution in [0, 0.1) is 5.92 Å². The van der Waals surface area contributed by atoms with Gasteiger partial charge in [0.05, 0.1) is 10.8 Å². The van der Waals surface area contributed by atoms with E-state index in [9.17, 15) is 13.2 Å². The monoisotopic (exact) mass is 458 g/mol. The van der Waals surface area contributed by atoms with Crippen molar-refractivity contribution < 1.29 is 17.6 Å². The minimum absolute atomic E-state index is 0.00223. The summed E-state index contributed by atoms with van der Waals surface area (Å²) in [4.78, 5) is 14.0. The molecule has 2 heterocycles. The van der Waals surface area contributed by atoms with Crippen LogP contribution < -0.4 is 5.32 Å². The predicted molar refractivity (Wildman–Crippen MR) is 118 cm³/mol. The number of nitrogens with zero attached hydrogens (tertiary/aromatic N) is 3. The van der Waals surface area contributed by atoms with E-state index in [1.54, 1.807) is 42.1 Å². The van der Waals surface area contributed by atoms with Crippen molar-refractivity contribution in [1.82, 2.24) is 14.5 Å². The van der Waals surface area contributed by atoms with E-state index in [0.29, 0.717) is 25.3 Å². The van der Waals surface area contributed by atoms with E-state index in [0.717, 1.165) is 10.5 Å². The van der Waals surface area contributed by atoms with Gasteiger partial charge in [-0.3, -0.25) is 10.1 Å². The summed E-state index contributed by atoms with van der Waals surface area (Å²) in [7, 11) is -3.64. The first-order valence-electron chi connectivity index (χ1n) is 9.81. The number of hydrogen-bond acceptors (Lipinski definition) is 7. The lowest BCUT2D eigenvalue weighted by Crippen LogP contribution is -2.43. The highest BCUT2D eigenvalue weighted by molar-refractivity contribution is 7.98. The van der Waals surface area contributed by atoms with Crippen molar-refractivity contribution in [2.75, 3.05) is 24.7 Å². The molecule has 1 fully saturated rings. The summed E-state index contributed by atoms with van der Waals surface area (Å²) in [5.74, 6) is -0.522. The Balaban J connectivity index is 1.44. The molecule has 0 saturated carbocycles. The highest BCUT2D eigenvalue weighted by Crippen LogP contribution is 2.27. The van der Waals surface area contributed by atoms with Crippen molar-refractivity contribution in [1.29, 1.82) is 0 Å². The lowest BCUT2D eigenvalue weighted by molar-refractivity contribution is -0.121. The number of piperidine rings is 1. The van der Waals surface area contributed by atoms with Crippen LogP contribution >= 0.6 is 11.8 Å². The molecular weight excluding hydrogens is 436 g/mol. The predicted octanol–water partition coefficient (Wildman–Crippen LogP) is 3.50. The van der Waals surface area contributed by atoms with Crippen LogP contribution in [0.2, 0.25) is 0 Å². The molecule has 1 amide bonds. The van der Waals surface area contributed by atoms with Gasteiger partial charge in [0.1, 0.15) is 0 Å². The summed E-state index contributed by atoms with van der Waals surface area (Å²) in [6.07, 6.45) is 3.16. The normalized spacial score (nSPS) is 17.4. The third kappa shape index (κ3) is 4.81. The van der Waals surface area contributed by atoms with Crippen LogP contribution in [-0.4, -0.2) is 48.2 Å². The number of rotatable bonds is 6. The van der Waals surface area contributed by atoms with Crippen LogP contribution in [0.4, 0.5) is 6.01 Å². The number of aromatic nitrogens is 2. The maximum Gasteiger partial charge on any atom is 0.322 e. The summed E-state index contributed by atoms with van der Waals surface area (Å²) < 4.78 is 32.7. The summed E-state index contributed by atoms with van der Waals surface area (Å²) in [6, 6.07) is 15.9. The summed E-state index contributed by atoms with van der Waals surface area (Å²) in [5, 5.41) is 10.6. The van der Waals surface area contributed by atoms with Crippen LogP contribution in [0.5, 0.6) is 0 Å². The molecule has 0 spiro atoms. The molecular formula is C21H22N4O4S2. The molecule has 1 aliphatic rings. The van der Waals surface area contributed by atoms with Gasteiger partial charge in [-0.15, -0.1) is 16.9 Å². The fourth-order valence-electron chi connectivity index (χ4n) is 3.47. The molecule has 1 unspecified atom stereocenters. The second-order valence-electron chi connectivity index (χ2n) is 7.15. The first kappa shape index (κ1) is 21.5. The number of sulfonamides is 1. The van der Waals surface area contributed by atoms with Crippen LogP contribution in [0.15, 0.2) is 68.8 Å². The Bertz CT molecular complexity index is 1160. The van der Waals surface area contributed by atoms with Gasteiger partial charge in [0, 0.05) is 23.5 Å². The average molecular weight is 459 g/mol.